The summed E-state index contributed by atoms with van der Waals surface area (Å²) in [6, 6.07) is 3.52. The first-order valence-corrected chi connectivity index (χ1v) is 4.75. The average Bonchev–Trinajstić information content (AvgIpc) is 2.34. The second-order valence-electron chi connectivity index (χ2n) is 3.38. The van der Waals surface area contributed by atoms with E-state index in [1.54, 1.807) is 0 Å². The highest BCUT2D eigenvalue weighted by Crippen LogP contribution is 2.29. The quantitative estimate of drug-likeness (QED) is 0.594. The van der Waals surface area contributed by atoms with E-state index >= 15 is 0 Å². The van der Waals surface area contributed by atoms with Crippen molar-refractivity contribution in [3.63, 3.8) is 0 Å². The van der Waals surface area contributed by atoms with Gasteiger partial charge in [0, 0.05) is 5.56 Å². The molecule has 0 saturated heterocycles. The third-order valence-electron chi connectivity index (χ3n) is 2.13. The zero-order valence-electron chi connectivity index (χ0n) is 8.98. The smallest absolute Gasteiger partial charge is 0.292 e. The number of carbonyl (C=O) groups is 3. The molecule has 96 valence electrons. The molecule has 0 atom stereocenters. The Hall–Kier alpha value is -2.18. The van der Waals surface area contributed by atoms with Gasteiger partial charge in [-0.15, -0.1) is 0 Å². The van der Waals surface area contributed by atoms with Crippen molar-refractivity contribution in [2.24, 2.45) is 0 Å². The molecule has 0 bridgehead atoms. The number of hydrogen-bond donors (Lipinski definition) is 0. The number of Topliss-reactive ketones (excluding diaryl/α,β-unsaturated/α-hetero) is 1. The summed E-state index contributed by atoms with van der Waals surface area (Å²) in [5, 5.41) is 0. The highest BCUT2D eigenvalue weighted by Gasteiger charge is 2.30. The van der Waals surface area contributed by atoms with E-state index in [2.05, 4.69) is 0 Å². The molecule has 1 aromatic carbocycles. The Balaban J connectivity index is 2.82. The minimum absolute atomic E-state index is 0.00306. The number of alkyl halides is 3. The van der Waals surface area contributed by atoms with Crippen molar-refractivity contribution in [1.82, 2.24) is 4.90 Å². The Labute approximate surface area is 100.0 Å². The lowest BCUT2D eigenvalue weighted by Gasteiger charge is -2.09. The number of ketones is 1. The topological polar surface area (TPSA) is 54.5 Å². The number of carbonyl (C=O) groups excluding carboxylic acids is 3. The van der Waals surface area contributed by atoms with Gasteiger partial charge in [0.25, 0.3) is 0 Å². The highest BCUT2D eigenvalue weighted by atomic mass is 19.4. The van der Waals surface area contributed by atoms with Gasteiger partial charge < -0.3 is 0 Å². The molecule has 0 aliphatic carbocycles. The Morgan fingerprint density at radius 3 is 2.00 bits per heavy atom. The molecule has 0 aromatic heterocycles. The fourth-order valence-corrected chi connectivity index (χ4v) is 1.20. The van der Waals surface area contributed by atoms with Gasteiger partial charge in [-0.2, -0.15) is 13.2 Å². The van der Waals surface area contributed by atoms with E-state index in [4.69, 9.17) is 0 Å². The summed E-state index contributed by atoms with van der Waals surface area (Å²) in [5.41, 5.74) is -0.876. The summed E-state index contributed by atoms with van der Waals surface area (Å²) < 4.78 is 36.8. The molecule has 18 heavy (non-hydrogen) atoms. The molecule has 0 aliphatic rings. The number of nitrogens with zero attached hydrogens (tertiary/aromatic N) is 1. The van der Waals surface area contributed by atoms with E-state index in [9.17, 15) is 27.6 Å². The van der Waals surface area contributed by atoms with E-state index < -0.39 is 24.1 Å². The van der Waals surface area contributed by atoms with Crippen molar-refractivity contribution in [2.45, 2.75) is 6.18 Å². The van der Waals surface area contributed by atoms with Gasteiger partial charge >= 0.3 is 6.18 Å². The van der Waals surface area contributed by atoms with Crippen molar-refractivity contribution in [3.05, 3.63) is 35.4 Å². The number of benzene rings is 1. The van der Waals surface area contributed by atoms with E-state index in [-0.39, 0.29) is 18.4 Å². The summed E-state index contributed by atoms with van der Waals surface area (Å²) in [5.74, 6) is -0.622. The Morgan fingerprint density at radius 1 is 1.11 bits per heavy atom. The minimum atomic E-state index is -4.47. The summed E-state index contributed by atoms with van der Waals surface area (Å²) in [6.45, 7) is -0.502. The Morgan fingerprint density at radius 2 is 1.61 bits per heavy atom. The molecule has 0 radical (unpaired) electrons. The first-order valence-electron chi connectivity index (χ1n) is 4.75. The van der Waals surface area contributed by atoms with Crippen LogP contribution in [0.5, 0.6) is 0 Å². The molecular formula is C11H8F3NO3. The van der Waals surface area contributed by atoms with Crippen LogP contribution in [0.25, 0.3) is 0 Å². The van der Waals surface area contributed by atoms with Crippen molar-refractivity contribution >= 4 is 18.6 Å². The van der Waals surface area contributed by atoms with Crippen LogP contribution >= 0.6 is 0 Å². The largest absolute Gasteiger partial charge is 0.416 e. The molecule has 4 nitrogen and oxygen atoms in total. The van der Waals surface area contributed by atoms with Gasteiger partial charge in [0.2, 0.25) is 12.8 Å². The number of hydrogen-bond acceptors (Lipinski definition) is 3. The van der Waals surface area contributed by atoms with E-state index in [1.807, 2.05) is 0 Å². The van der Waals surface area contributed by atoms with E-state index in [0.717, 1.165) is 24.3 Å². The van der Waals surface area contributed by atoms with Gasteiger partial charge in [0.15, 0.2) is 5.78 Å². The molecule has 0 heterocycles. The van der Waals surface area contributed by atoms with Gasteiger partial charge in [0.05, 0.1) is 12.1 Å². The van der Waals surface area contributed by atoms with Gasteiger partial charge in [-0.05, 0) is 12.1 Å². The molecule has 1 aromatic rings. The third kappa shape index (κ3) is 3.41. The van der Waals surface area contributed by atoms with Crippen LogP contribution in [0.15, 0.2) is 24.3 Å². The molecule has 0 saturated carbocycles. The number of halogens is 3. The maximum atomic E-state index is 12.3. The molecule has 0 spiro atoms. The lowest BCUT2D eigenvalue weighted by atomic mass is 10.1. The fraction of sp³-hybridized carbons (Fsp3) is 0.182. The minimum Gasteiger partial charge on any atom is -0.292 e. The molecule has 7 heteroatoms. The maximum Gasteiger partial charge on any atom is 0.416 e. The second kappa shape index (κ2) is 5.44. The average molecular weight is 259 g/mol. The van der Waals surface area contributed by atoms with Crippen LogP contribution in [0.4, 0.5) is 13.2 Å². The van der Waals surface area contributed by atoms with Crippen LogP contribution in [0.1, 0.15) is 15.9 Å². The molecule has 0 unspecified atom stereocenters. The van der Waals surface area contributed by atoms with Crippen molar-refractivity contribution < 1.29 is 27.6 Å². The van der Waals surface area contributed by atoms with Crippen LogP contribution in [0.3, 0.4) is 0 Å². The van der Waals surface area contributed by atoms with Gasteiger partial charge in [-0.3, -0.25) is 19.3 Å². The lowest BCUT2D eigenvalue weighted by molar-refractivity contribution is -0.137. The number of imide groups is 1. The normalized spacial score (nSPS) is 10.8. The second-order valence-corrected chi connectivity index (χ2v) is 3.38. The first-order chi connectivity index (χ1) is 8.38. The zero-order valence-corrected chi connectivity index (χ0v) is 8.98. The van der Waals surface area contributed by atoms with Crippen LogP contribution in [0.2, 0.25) is 0 Å². The van der Waals surface area contributed by atoms with Crippen LogP contribution in [-0.2, 0) is 15.8 Å². The predicted octanol–water partition coefficient (Wildman–Crippen LogP) is 1.50. The van der Waals surface area contributed by atoms with Crippen LogP contribution < -0.4 is 0 Å². The van der Waals surface area contributed by atoms with E-state index in [0.29, 0.717) is 4.90 Å². The molecule has 2 amide bonds. The van der Waals surface area contributed by atoms with Crippen molar-refractivity contribution in [1.29, 1.82) is 0 Å². The van der Waals surface area contributed by atoms with Crippen molar-refractivity contribution in [3.8, 4) is 0 Å². The SMILES string of the molecule is O=CN(C=O)CC(=O)c1ccc(C(F)(F)F)cc1. The predicted molar refractivity (Wildman–Crippen MR) is 54.6 cm³/mol. The van der Waals surface area contributed by atoms with Gasteiger partial charge in [0.1, 0.15) is 0 Å². The van der Waals surface area contributed by atoms with Crippen LogP contribution in [0, 0.1) is 0 Å². The maximum absolute atomic E-state index is 12.3. The third-order valence-corrected chi connectivity index (χ3v) is 2.13. The fourth-order valence-electron chi connectivity index (χ4n) is 1.20. The molecule has 0 fully saturated rings. The summed E-state index contributed by atoms with van der Waals surface area (Å²) in [6.07, 6.45) is -4.15. The Bertz CT molecular complexity index is 446. The summed E-state index contributed by atoms with van der Waals surface area (Å²) in [7, 11) is 0. The molecule has 0 aliphatic heterocycles. The summed E-state index contributed by atoms with van der Waals surface area (Å²) in [4.78, 5) is 32.6. The Kier molecular flexibility index (Phi) is 4.19. The molecular weight excluding hydrogens is 251 g/mol. The monoisotopic (exact) mass is 259 g/mol. The van der Waals surface area contributed by atoms with Crippen molar-refractivity contribution in [2.75, 3.05) is 6.54 Å². The van der Waals surface area contributed by atoms with Crippen LogP contribution in [-0.4, -0.2) is 30.0 Å². The molecule has 1 rings (SSSR count). The highest BCUT2D eigenvalue weighted by molar-refractivity contribution is 5.99. The lowest BCUT2D eigenvalue weighted by Crippen LogP contribution is -2.27. The number of amides is 2. The standard InChI is InChI=1S/C11H8F3NO3/c12-11(13,14)9-3-1-8(2-4-9)10(18)5-15(6-16)7-17/h1-4,6-7H,5H2. The van der Waals surface area contributed by atoms with Gasteiger partial charge in [-0.25, -0.2) is 0 Å². The van der Waals surface area contributed by atoms with Gasteiger partial charge in [-0.1, -0.05) is 12.1 Å². The zero-order chi connectivity index (χ0) is 13.8. The number of rotatable bonds is 5. The molecule has 0 N–H and O–H groups in total. The first kappa shape index (κ1) is 13.9. The summed E-state index contributed by atoms with van der Waals surface area (Å²) >= 11 is 0. The van der Waals surface area contributed by atoms with E-state index in [1.165, 1.54) is 0 Å².